The molecule has 1 aromatic rings. The zero-order chi connectivity index (χ0) is 12.1. The summed E-state index contributed by atoms with van der Waals surface area (Å²) in [5.41, 5.74) is 0. The molecule has 1 aromatic heterocycles. The van der Waals surface area contributed by atoms with E-state index in [1.165, 1.54) is 11.8 Å². The third-order valence-corrected chi connectivity index (χ3v) is 3.35. The van der Waals surface area contributed by atoms with Gasteiger partial charge in [0.25, 0.3) is 0 Å². The molecule has 92 valence electrons. The van der Waals surface area contributed by atoms with Gasteiger partial charge in [0, 0.05) is 11.7 Å². The van der Waals surface area contributed by atoms with E-state index in [4.69, 9.17) is 9.63 Å². The highest BCUT2D eigenvalue weighted by Crippen LogP contribution is 2.28. The van der Waals surface area contributed by atoms with Crippen LogP contribution in [0.3, 0.4) is 0 Å². The van der Waals surface area contributed by atoms with Gasteiger partial charge in [0.1, 0.15) is 0 Å². The fraction of sp³-hybridized carbons (Fsp3) is 0.800. The van der Waals surface area contributed by atoms with Gasteiger partial charge in [-0.3, -0.25) is 0 Å². The Labute approximate surface area is 99.2 Å². The van der Waals surface area contributed by atoms with Gasteiger partial charge in [0.15, 0.2) is 5.82 Å². The number of thioether (sulfide) groups is 1. The molecule has 0 aromatic carbocycles. The van der Waals surface area contributed by atoms with Gasteiger partial charge < -0.3 is 14.7 Å². The van der Waals surface area contributed by atoms with Crippen molar-refractivity contribution in [3.8, 4) is 0 Å². The maximum atomic E-state index is 9.21. The number of hydrogen-bond donors (Lipinski definition) is 2. The Morgan fingerprint density at radius 2 is 2.06 bits per heavy atom. The van der Waals surface area contributed by atoms with E-state index < -0.39 is 6.10 Å². The summed E-state index contributed by atoms with van der Waals surface area (Å²) in [7, 11) is 0. The lowest BCUT2D eigenvalue weighted by atomic mass is 10.2. The van der Waals surface area contributed by atoms with Gasteiger partial charge in [-0.1, -0.05) is 19.0 Å². The Morgan fingerprint density at radius 3 is 2.56 bits per heavy atom. The van der Waals surface area contributed by atoms with Crippen molar-refractivity contribution in [2.45, 2.75) is 38.0 Å². The maximum absolute atomic E-state index is 9.21. The number of hydrogen-bond acceptors (Lipinski definition) is 6. The van der Waals surface area contributed by atoms with Gasteiger partial charge in [-0.2, -0.15) is 4.98 Å². The summed E-state index contributed by atoms with van der Waals surface area (Å²) in [6.07, 6.45) is -0.694. The van der Waals surface area contributed by atoms with Crippen molar-refractivity contribution in [3.05, 3.63) is 11.7 Å². The first-order chi connectivity index (χ1) is 7.54. The fourth-order valence-electron chi connectivity index (χ4n) is 1.03. The van der Waals surface area contributed by atoms with Crippen LogP contribution in [0.5, 0.6) is 0 Å². The molecule has 0 amide bonds. The van der Waals surface area contributed by atoms with E-state index in [0.29, 0.717) is 17.5 Å². The summed E-state index contributed by atoms with van der Waals surface area (Å²) in [4.78, 5) is 4.27. The van der Waals surface area contributed by atoms with E-state index in [0.717, 1.165) is 0 Å². The minimum Gasteiger partial charge on any atom is -0.394 e. The second kappa shape index (κ2) is 6.22. The van der Waals surface area contributed by atoms with E-state index >= 15 is 0 Å². The number of aliphatic hydroxyl groups is 2. The molecule has 0 saturated heterocycles. The quantitative estimate of drug-likeness (QED) is 0.788. The van der Waals surface area contributed by atoms with Gasteiger partial charge in [0.2, 0.25) is 5.89 Å². The van der Waals surface area contributed by atoms with Gasteiger partial charge in [-0.15, -0.1) is 11.8 Å². The minimum atomic E-state index is -0.694. The Morgan fingerprint density at radius 1 is 1.38 bits per heavy atom. The van der Waals surface area contributed by atoms with Crippen molar-refractivity contribution < 1.29 is 14.7 Å². The molecule has 0 aliphatic carbocycles. The van der Waals surface area contributed by atoms with E-state index in [-0.39, 0.29) is 17.8 Å². The van der Waals surface area contributed by atoms with Crippen LogP contribution in [-0.2, 0) is 0 Å². The normalized spacial score (nSPS) is 15.4. The van der Waals surface area contributed by atoms with Gasteiger partial charge >= 0.3 is 0 Å². The second-order valence-electron chi connectivity index (χ2n) is 3.96. The molecule has 0 saturated carbocycles. The zero-order valence-corrected chi connectivity index (χ0v) is 10.6. The number of nitrogens with zero attached hydrogens (tertiary/aromatic N) is 2. The standard InChI is InChI=1S/C10H18N2O3S/c1-6(2)9-11-10(15-12-9)7(3)16-5-8(14)4-13/h6-8,13-14H,4-5H2,1-3H3/t7-,8+/m0/s1. The highest BCUT2D eigenvalue weighted by Gasteiger charge is 2.17. The van der Waals surface area contributed by atoms with E-state index in [1.807, 2.05) is 20.8 Å². The molecule has 0 aliphatic heterocycles. The summed E-state index contributed by atoms with van der Waals surface area (Å²) >= 11 is 1.48. The smallest absolute Gasteiger partial charge is 0.239 e. The zero-order valence-electron chi connectivity index (χ0n) is 9.75. The van der Waals surface area contributed by atoms with Crippen molar-refractivity contribution in [2.24, 2.45) is 0 Å². The maximum Gasteiger partial charge on any atom is 0.239 e. The van der Waals surface area contributed by atoms with Crippen molar-refractivity contribution in [1.29, 1.82) is 0 Å². The molecule has 2 atom stereocenters. The van der Waals surface area contributed by atoms with Gasteiger partial charge in [-0.25, -0.2) is 0 Å². The minimum absolute atomic E-state index is 0.0289. The molecule has 0 aliphatic rings. The van der Waals surface area contributed by atoms with Crippen LogP contribution in [0.15, 0.2) is 4.52 Å². The van der Waals surface area contributed by atoms with Crippen LogP contribution in [0.1, 0.15) is 43.7 Å². The van der Waals surface area contributed by atoms with Crippen LogP contribution < -0.4 is 0 Å². The molecule has 6 heteroatoms. The largest absolute Gasteiger partial charge is 0.394 e. The Balaban J connectivity index is 2.49. The van der Waals surface area contributed by atoms with E-state index in [2.05, 4.69) is 10.1 Å². The molecule has 0 unspecified atom stereocenters. The molecule has 0 fully saturated rings. The molecule has 1 heterocycles. The number of aliphatic hydroxyl groups excluding tert-OH is 2. The molecule has 16 heavy (non-hydrogen) atoms. The van der Waals surface area contributed by atoms with Crippen molar-refractivity contribution in [3.63, 3.8) is 0 Å². The predicted octanol–water partition coefficient (Wildman–Crippen LogP) is 1.34. The van der Waals surface area contributed by atoms with Crippen molar-refractivity contribution >= 4 is 11.8 Å². The van der Waals surface area contributed by atoms with Crippen LogP contribution >= 0.6 is 11.8 Å². The lowest BCUT2D eigenvalue weighted by molar-refractivity contribution is 0.113. The Hall–Kier alpha value is -0.590. The molecule has 0 bridgehead atoms. The van der Waals surface area contributed by atoms with Crippen molar-refractivity contribution in [1.82, 2.24) is 10.1 Å². The van der Waals surface area contributed by atoms with Gasteiger partial charge in [-0.05, 0) is 6.92 Å². The van der Waals surface area contributed by atoms with Crippen LogP contribution in [0.2, 0.25) is 0 Å². The first kappa shape index (κ1) is 13.5. The van der Waals surface area contributed by atoms with Crippen LogP contribution in [-0.4, -0.2) is 38.8 Å². The first-order valence-electron chi connectivity index (χ1n) is 5.28. The molecule has 2 N–H and O–H groups in total. The van der Waals surface area contributed by atoms with Crippen LogP contribution in [0.25, 0.3) is 0 Å². The highest BCUT2D eigenvalue weighted by molar-refractivity contribution is 7.99. The number of rotatable bonds is 6. The molecule has 0 spiro atoms. The molecule has 0 radical (unpaired) electrons. The molecular formula is C10H18N2O3S. The average molecular weight is 246 g/mol. The summed E-state index contributed by atoms with van der Waals surface area (Å²) in [5, 5.41) is 21.8. The third kappa shape index (κ3) is 3.77. The number of aromatic nitrogens is 2. The first-order valence-corrected chi connectivity index (χ1v) is 6.33. The Kier molecular flexibility index (Phi) is 5.24. The molecule has 1 rings (SSSR count). The Bertz CT molecular complexity index is 317. The lowest BCUT2D eigenvalue weighted by Crippen LogP contribution is -2.15. The lowest BCUT2D eigenvalue weighted by Gasteiger charge is -2.09. The predicted molar refractivity (Wildman–Crippen MR) is 62.4 cm³/mol. The monoisotopic (exact) mass is 246 g/mol. The second-order valence-corrected chi connectivity index (χ2v) is 5.33. The summed E-state index contributed by atoms with van der Waals surface area (Å²) in [6, 6.07) is 0. The van der Waals surface area contributed by atoms with Crippen LogP contribution in [0, 0.1) is 0 Å². The third-order valence-electron chi connectivity index (χ3n) is 2.07. The van der Waals surface area contributed by atoms with E-state index in [9.17, 15) is 5.11 Å². The SMILES string of the molecule is CC(C)c1noc([C@H](C)SC[C@H](O)CO)n1. The molecule has 5 nitrogen and oxygen atoms in total. The summed E-state index contributed by atoms with van der Waals surface area (Å²) < 4.78 is 5.13. The highest BCUT2D eigenvalue weighted by atomic mass is 32.2. The topological polar surface area (TPSA) is 79.4 Å². The van der Waals surface area contributed by atoms with Gasteiger partial charge in [0.05, 0.1) is 18.0 Å². The summed E-state index contributed by atoms with van der Waals surface area (Å²) in [5.74, 6) is 1.97. The van der Waals surface area contributed by atoms with E-state index in [1.54, 1.807) is 0 Å². The van der Waals surface area contributed by atoms with Crippen LogP contribution in [0.4, 0.5) is 0 Å². The molecular weight excluding hydrogens is 228 g/mol. The average Bonchev–Trinajstić information content (AvgIpc) is 2.74. The fourth-order valence-corrected chi connectivity index (χ4v) is 1.88. The summed E-state index contributed by atoms with van der Waals surface area (Å²) in [6.45, 7) is 5.72. The van der Waals surface area contributed by atoms with Crippen molar-refractivity contribution in [2.75, 3.05) is 12.4 Å².